The summed E-state index contributed by atoms with van der Waals surface area (Å²) in [6.45, 7) is 0.780. The van der Waals surface area contributed by atoms with E-state index in [2.05, 4.69) is 0 Å². The molecule has 0 radical (unpaired) electrons. The van der Waals surface area contributed by atoms with Crippen LogP contribution in [0.4, 0.5) is 4.39 Å². The summed E-state index contributed by atoms with van der Waals surface area (Å²) in [5.74, 6) is -0.312. The Morgan fingerprint density at radius 1 is 1.22 bits per heavy atom. The van der Waals surface area contributed by atoms with Crippen LogP contribution in [0.3, 0.4) is 0 Å². The second-order valence-electron chi connectivity index (χ2n) is 5.89. The molecule has 120 valence electrons. The number of rotatable bonds is 6. The van der Waals surface area contributed by atoms with E-state index >= 15 is 0 Å². The summed E-state index contributed by atoms with van der Waals surface area (Å²) in [4.78, 5) is 14.6. The molecule has 2 aromatic rings. The second-order valence-corrected chi connectivity index (χ2v) is 5.89. The fourth-order valence-corrected chi connectivity index (χ4v) is 2.69. The van der Waals surface area contributed by atoms with Crippen LogP contribution >= 0.6 is 0 Å². The quantitative estimate of drug-likeness (QED) is 0.812. The molecular weight excluding hydrogens is 293 g/mol. The first-order valence-corrected chi connectivity index (χ1v) is 7.81. The van der Waals surface area contributed by atoms with Gasteiger partial charge in [-0.3, -0.25) is 4.79 Å². The lowest BCUT2D eigenvalue weighted by molar-refractivity contribution is 0.0728. The van der Waals surface area contributed by atoms with Gasteiger partial charge in [-0.25, -0.2) is 4.39 Å². The monoisotopic (exact) mass is 313 g/mol. The van der Waals surface area contributed by atoms with Crippen LogP contribution in [-0.2, 0) is 17.9 Å². The zero-order valence-corrected chi connectivity index (χ0v) is 13.2. The van der Waals surface area contributed by atoms with Gasteiger partial charge in [-0.15, -0.1) is 0 Å². The molecule has 2 aromatic carbocycles. The molecule has 3 nitrogen and oxygen atoms in total. The van der Waals surface area contributed by atoms with Crippen LogP contribution in [0.5, 0.6) is 0 Å². The molecule has 0 spiro atoms. The standard InChI is InChI=1S/C19H20FNO2/c1-23-13-14-5-4-7-15(11-14)19(22)21(17-9-10-17)12-16-6-2-3-8-18(16)20/h2-8,11,17H,9-10,12-13H2,1H3. The van der Waals surface area contributed by atoms with E-state index in [1.807, 2.05) is 18.2 Å². The smallest absolute Gasteiger partial charge is 0.254 e. The summed E-state index contributed by atoms with van der Waals surface area (Å²) in [7, 11) is 1.63. The average molecular weight is 313 g/mol. The highest BCUT2D eigenvalue weighted by atomic mass is 19.1. The highest BCUT2D eigenvalue weighted by molar-refractivity contribution is 5.94. The Morgan fingerprint density at radius 3 is 2.70 bits per heavy atom. The Kier molecular flexibility index (Phi) is 4.72. The highest BCUT2D eigenvalue weighted by Crippen LogP contribution is 2.30. The number of methoxy groups -OCH3 is 1. The van der Waals surface area contributed by atoms with Crippen molar-refractivity contribution in [1.82, 2.24) is 4.90 Å². The summed E-state index contributed by atoms with van der Waals surface area (Å²) >= 11 is 0. The third kappa shape index (κ3) is 3.77. The van der Waals surface area contributed by atoms with Crippen LogP contribution in [0.2, 0.25) is 0 Å². The number of hydrogen-bond donors (Lipinski definition) is 0. The van der Waals surface area contributed by atoms with E-state index in [4.69, 9.17) is 4.74 Å². The van der Waals surface area contributed by atoms with Gasteiger partial charge in [0, 0.05) is 30.8 Å². The molecule has 0 N–H and O–H groups in total. The Balaban J connectivity index is 1.82. The molecule has 0 saturated heterocycles. The molecule has 0 unspecified atom stereocenters. The van der Waals surface area contributed by atoms with Gasteiger partial charge >= 0.3 is 0 Å². The van der Waals surface area contributed by atoms with Crippen LogP contribution in [0.25, 0.3) is 0 Å². The predicted molar refractivity (Wildman–Crippen MR) is 86.5 cm³/mol. The molecule has 0 aromatic heterocycles. The zero-order valence-electron chi connectivity index (χ0n) is 13.2. The van der Waals surface area contributed by atoms with E-state index in [9.17, 15) is 9.18 Å². The van der Waals surface area contributed by atoms with Gasteiger partial charge in [-0.2, -0.15) is 0 Å². The van der Waals surface area contributed by atoms with Gasteiger partial charge in [0.1, 0.15) is 5.82 Å². The van der Waals surface area contributed by atoms with Crippen molar-refractivity contribution in [3.05, 3.63) is 71.0 Å². The average Bonchev–Trinajstić information content (AvgIpc) is 3.39. The lowest BCUT2D eigenvalue weighted by Gasteiger charge is -2.23. The van der Waals surface area contributed by atoms with Crippen LogP contribution in [0, 0.1) is 5.82 Å². The molecular formula is C19H20FNO2. The molecule has 1 amide bonds. The van der Waals surface area contributed by atoms with Gasteiger partial charge in [0.25, 0.3) is 5.91 Å². The van der Waals surface area contributed by atoms with Crippen LogP contribution in [0.1, 0.15) is 34.3 Å². The van der Waals surface area contributed by atoms with Crippen molar-refractivity contribution in [3.63, 3.8) is 0 Å². The van der Waals surface area contributed by atoms with Crippen molar-refractivity contribution in [2.45, 2.75) is 32.0 Å². The first-order chi connectivity index (χ1) is 11.2. The fourth-order valence-electron chi connectivity index (χ4n) is 2.69. The first-order valence-electron chi connectivity index (χ1n) is 7.81. The van der Waals surface area contributed by atoms with E-state index in [0.29, 0.717) is 24.3 Å². The van der Waals surface area contributed by atoms with Gasteiger partial charge in [0.2, 0.25) is 0 Å². The minimum absolute atomic E-state index is 0.0475. The zero-order chi connectivity index (χ0) is 16.2. The lowest BCUT2D eigenvalue weighted by atomic mass is 10.1. The van der Waals surface area contributed by atoms with E-state index < -0.39 is 0 Å². The van der Waals surface area contributed by atoms with Crippen molar-refractivity contribution < 1.29 is 13.9 Å². The van der Waals surface area contributed by atoms with Gasteiger partial charge in [0.15, 0.2) is 0 Å². The van der Waals surface area contributed by atoms with Crippen molar-refractivity contribution in [3.8, 4) is 0 Å². The first kappa shape index (κ1) is 15.7. The molecule has 23 heavy (non-hydrogen) atoms. The number of halogens is 1. The Morgan fingerprint density at radius 2 is 2.00 bits per heavy atom. The lowest BCUT2D eigenvalue weighted by Crippen LogP contribution is -2.33. The number of amides is 1. The number of benzene rings is 2. The second kappa shape index (κ2) is 6.92. The maximum absolute atomic E-state index is 13.9. The molecule has 0 bridgehead atoms. The third-order valence-electron chi connectivity index (χ3n) is 4.03. The van der Waals surface area contributed by atoms with Gasteiger partial charge in [-0.1, -0.05) is 30.3 Å². The Labute approximate surface area is 135 Å². The number of hydrogen-bond acceptors (Lipinski definition) is 2. The predicted octanol–water partition coefficient (Wildman–Crippen LogP) is 3.78. The molecule has 0 atom stereocenters. The SMILES string of the molecule is COCc1cccc(C(=O)N(Cc2ccccc2F)C2CC2)c1. The Bertz CT molecular complexity index is 697. The molecule has 0 aliphatic heterocycles. The minimum atomic E-state index is -0.265. The number of ether oxygens (including phenoxy) is 1. The van der Waals surface area contributed by atoms with Crippen molar-refractivity contribution in [1.29, 1.82) is 0 Å². The number of carbonyl (C=O) groups is 1. The summed E-state index contributed by atoms with van der Waals surface area (Å²) in [6.07, 6.45) is 1.97. The van der Waals surface area contributed by atoms with Gasteiger partial charge in [0.05, 0.1) is 6.61 Å². The highest BCUT2D eigenvalue weighted by Gasteiger charge is 2.33. The largest absolute Gasteiger partial charge is 0.380 e. The summed E-state index contributed by atoms with van der Waals surface area (Å²) in [5, 5.41) is 0. The molecule has 1 saturated carbocycles. The van der Waals surface area contributed by atoms with Crippen LogP contribution < -0.4 is 0 Å². The number of nitrogens with zero attached hydrogens (tertiary/aromatic N) is 1. The van der Waals surface area contributed by atoms with Crippen molar-refractivity contribution in [2.24, 2.45) is 0 Å². The minimum Gasteiger partial charge on any atom is -0.380 e. The van der Waals surface area contributed by atoms with Crippen molar-refractivity contribution >= 4 is 5.91 Å². The molecule has 1 fully saturated rings. The van der Waals surface area contributed by atoms with E-state index in [-0.39, 0.29) is 17.8 Å². The topological polar surface area (TPSA) is 29.5 Å². The molecule has 1 aliphatic rings. The molecule has 0 heterocycles. The maximum atomic E-state index is 13.9. The van der Waals surface area contributed by atoms with Crippen LogP contribution in [0.15, 0.2) is 48.5 Å². The number of carbonyl (C=O) groups excluding carboxylic acids is 1. The van der Waals surface area contributed by atoms with E-state index in [1.54, 1.807) is 36.3 Å². The molecule has 3 rings (SSSR count). The molecule has 4 heteroatoms. The maximum Gasteiger partial charge on any atom is 0.254 e. The summed E-state index contributed by atoms with van der Waals surface area (Å²) in [5.41, 5.74) is 2.14. The van der Waals surface area contributed by atoms with Gasteiger partial charge in [-0.05, 0) is 36.6 Å². The summed E-state index contributed by atoms with van der Waals surface area (Å²) < 4.78 is 19.0. The van der Waals surface area contributed by atoms with E-state index in [1.165, 1.54) is 6.07 Å². The normalized spacial score (nSPS) is 13.8. The van der Waals surface area contributed by atoms with Crippen molar-refractivity contribution in [2.75, 3.05) is 7.11 Å². The van der Waals surface area contributed by atoms with E-state index in [0.717, 1.165) is 18.4 Å². The Hall–Kier alpha value is -2.20. The molecule has 1 aliphatic carbocycles. The van der Waals surface area contributed by atoms with Crippen LogP contribution in [-0.4, -0.2) is 24.0 Å². The fraction of sp³-hybridized carbons (Fsp3) is 0.316. The third-order valence-corrected chi connectivity index (χ3v) is 4.03. The van der Waals surface area contributed by atoms with Gasteiger partial charge < -0.3 is 9.64 Å². The summed E-state index contributed by atoms with van der Waals surface area (Å²) in [6, 6.07) is 14.3.